The summed E-state index contributed by atoms with van der Waals surface area (Å²) in [6.07, 6.45) is -2.84. The van der Waals surface area contributed by atoms with Gasteiger partial charge in [0.1, 0.15) is 0 Å². The molecule has 4 heteroatoms. The Labute approximate surface area is 68.6 Å². The highest BCUT2D eigenvalue weighted by Crippen LogP contribution is 2.61. The monoisotopic (exact) mass is 180 g/mol. The molecule has 0 aromatic heterocycles. The zero-order chi connectivity index (χ0) is 8.93. The van der Waals surface area contributed by atoms with Crippen molar-refractivity contribution in [3.05, 3.63) is 0 Å². The third kappa shape index (κ3) is 1.13. The van der Waals surface area contributed by atoms with E-state index < -0.39 is 24.1 Å². The summed E-state index contributed by atoms with van der Waals surface area (Å²) in [4.78, 5) is 0. The van der Waals surface area contributed by atoms with Crippen molar-refractivity contribution in [2.45, 2.75) is 31.5 Å². The number of halogens is 3. The predicted octanol–water partition coefficient (Wildman–Crippen LogP) is 1.96. The molecule has 2 fully saturated rings. The van der Waals surface area contributed by atoms with Gasteiger partial charge in [0, 0.05) is 0 Å². The molecule has 0 spiro atoms. The first-order valence-corrected chi connectivity index (χ1v) is 4.26. The highest BCUT2D eigenvalue weighted by atomic mass is 19.4. The lowest BCUT2D eigenvalue weighted by atomic mass is 9.98. The van der Waals surface area contributed by atoms with Crippen molar-refractivity contribution in [1.82, 2.24) is 0 Å². The van der Waals surface area contributed by atoms with Crippen molar-refractivity contribution in [3.8, 4) is 0 Å². The molecule has 0 heterocycles. The summed E-state index contributed by atoms with van der Waals surface area (Å²) < 4.78 is 36.6. The molecular formula is C8H11F3O. The summed E-state index contributed by atoms with van der Waals surface area (Å²) in [7, 11) is 0. The first kappa shape index (κ1) is 8.35. The molecule has 0 radical (unpaired) electrons. The lowest BCUT2D eigenvalue weighted by Crippen LogP contribution is -2.18. The maximum atomic E-state index is 12.2. The van der Waals surface area contributed by atoms with E-state index >= 15 is 0 Å². The summed E-state index contributed by atoms with van der Waals surface area (Å²) in [5, 5.41) is 9.25. The van der Waals surface area contributed by atoms with E-state index in [0.717, 1.165) is 6.42 Å². The van der Waals surface area contributed by atoms with Crippen LogP contribution in [0.2, 0.25) is 0 Å². The molecular weight excluding hydrogens is 169 g/mol. The van der Waals surface area contributed by atoms with Crippen LogP contribution in [0.5, 0.6) is 0 Å². The van der Waals surface area contributed by atoms with Crippen molar-refractivity contribution in [1.29, 1.82) is 0 Å². The van der Waals surface area contributed by atoms with E-state index in [4.69, 9.17) is 0 Å². The maximum Gasteiger partial charge on any atom is 0.392 e. The van der Waals surface area contributed by atoms with Crippen LogP contribution in [0.1, 0.15) is 19.3 Å². The second-order valence-corrected chi connectivity index (χ2v) is 3.81. The largest absolute Gasteiger partial charge is 0.393 e. The van der Waals surface area contributed by atoms with Gasteiger partial charge in [-0.1, -0.05) is 6.42 Å². The van der Waals surface area contributed by atoms with Gasteiger partial charge < -0.3 is 5.11 Å². The Morgan fingerprint density at radius 2 is 1.83 bits per heavy atom. The van der Waals surface area contributed by atoms with Crippen molar-refractivity contribution in [2.75, 3.05) is 0 Å². The molecule has 12 heavy (non-hydrogen) atoms. The topological polar surface area (TPSA) is 20.2 Å². The van der Waals surface area contributed by atoms with Crippen molar-refractivity contribution >= 4 is 0 Å². The number of hydrogen-bond acceptors (Lipinski definition) is 1. The molecule has 0 aliphatic heterocycles. The smallest absolute Gasteiger partial charge is 0.392 e. The van der Waals surface area contributed by atoms with Gasteiger partial charge in [-0.2, -0.15) is 13.2 Å². The molecule has 2 aliphatic rings. The molecule has 0 aromatic rings. The Balaban J connectivity index is 2.05. The van der Waals surface area contributed by atoms with Gasteiger partial charge in [0.15, 0.2) is 0 Å². The van der Waals surface area contributed by atoms with Crippen molar-refractivity contribution < 1.29 is 18.3 Å². The van der Waals surface area contributed by atoms with Crippen LogP contribution in [0.3, 0.4) is 0 Å². The number of rotatable bonds is 0. The van der Waals surface area contributed by atoms with Gasteiger partial charge in [-0.15, -0.1) is 0 Å². The van der Waals surface area contributed by atoms with Crippen LogP contribution < -0.4 is 0 Å². The second-order valence-electron chi connectivity index (χ2n) is 3.81. The van der Waals surface area contributed by atoms with Crippen LogP contribution in [0.4, 0.5) is 13.2 Å². The first-order valence-electron chi connectivity index (χ1n) is 4.26. The highest BCUT2D eigenvalue weighted by molar-refractivity contribution is 5.06. The molecule has 0 unspecified atom stereocenters. The number of alkyl halides is 3. The molecule has 0 amide bonds. The number of aliphatic hydroxyl groups is 1. The minimum atomic E-state index is -4.08. The predicted molar refractivity (Wildman–Crippen MR) is 36.4 cm³/mol. The standard InChI is InChI=1S/C8H11F3O/c9-8(10,11)7-4-2-1-3-5(12)6(4)7/h4-7,12H,1-3H2/t4-,5-,6-,7-/m1/s1. The Bertz CT molecular complexity index is 189. The van der Waals surface area contributed by atoms with Crippen molar-refractivity contribution in [3.63, 3.8) is 0 Å². The van der Waals surface area contributed by atoms with Gasteiger partial charge in [0.05, 0.1) is 12.0 Å². The van der Waals surface area contributed by atoms with E-state index in [9.17, 15) is 18.3 Å². The minimum absolute atomic E-state index is 0.270. The van der Waals surface area contributed by atoms with Crippen LogP contribution in [0, 0.1) is 17.8 Å². The molecule has 2 rings (SSSR count). The number of aliphatic hydroxyl groups excluding tert-OH is 1. The summed E-state index contributed by atoms with van der Waals surface area (Å²) >= 11 is 0. The van der Waals surface area contributed by atoms with Crippen LogP contribution in [0.25, 0.3) is 0 Å². The number of fused-ring (bicyclic) bond motifs is 1. The van der Waals surface area contributed by atoms with E-state index in [1.807, 2.05) is 0 Å². The second kappa shape index (κ2) is 2.37. The Hall–Kier alpha value is -0.250. The van der Waals surface area contributed by atoms with E-state index in [1.165, 1.54) is 0 Å². The van der Waals surface area contributed by atoms with Crippen LogP contribution in [-0.2, 0) is 0 Å². The SMILES string of the molecule is O[C@@H]1CCC[C@@H]2[C@H]1[C@@H]2C(F)(F)F. The summed E-state index contributed by atoms with van der Waals surface area (Å²) in [6.45, 7) is 0. The lowest BCUT2D eigenvalue weighted by Gasteiger charge is -2.14. The van der Waals surface area contributed by atoms with E-state index in [-0.39, 0.29) is 5.92 Å². The molecule has 0 aromatic carbocycles. The fourth-order valence-electron chi connectivity index (χ4n) is 2.51. The van der Waals surface area contributed by atoms with Gasteiger partial charge in [-0.25, -0.2) is 0 Å². The minimum Gasteiger partial charge on any atom is -0.393 e. The Morgan fingerprint density at radius 3 is 2.33 bits per heavy atom. The normalized spacial score (nSPS) is 47.0. The van der Waals surface area contributed by atoms with E-state index in [2.05, 4.69) is 0 Å². The van der Waals surface area contributed by atoms with Gasteiger partial charge in [0.25, 0.3) is 0 Å². The van der Waals surface area contributed by atoms with E-state index in [1.54, 1.807) is 0 Å². The number of hydrogen-bond donors (Lipinski definition) is 1. The summed E-state index contributed by atoms with van der Waals surface area (Å²) in [5.74, 6) is -1.94. The van der Waals surface area contributed by atoms with Gasteiger partial charge in [-0.05, 0) is 24.7 Å². The van der Waals surface area contributed by atoms with E-state index in [0.29, 0.717) is 12.8 Å². The van der Waals surface area contributed by atoms with Crippen LogP contribution in [0.15, 0.2) is 0 Å². The third-order valence-corrected chi connectivity index (χ3v) is 3.09. The summed E-state index contributed by atoms with van der Waals surface area (Å²) in [6, 6.07) is 0. The van der Waals surface area contributed by atoms with Crippen LogP contribution >= 0.6 is 0 Å². The molecule has 2 saturated carbocycles. The molecule has 1 nitrogen and oxygen atoms in total. The zero-order valence-corrected chi connectivity index (χ0v) is 6.51. The Morgan fingerprint density at radius 1 is 1.17 bits per heavy atom. The third-order valence-electron chi connectivity index (χ3n) is 3.09. The fourth-order valence-corrected chi connectivity index (χ4v) is 2.51. The average Bonchev–Trinajstić information content (AvgIpc) is 2.60. The van der Waals surface area contributed by atoms with Gasteiger partial charge in [0.2, 0.25) is 0 Å². The summed E-state index contributed by atoms with van der Waals surface area (Å²) in [5.41, 5.74) is 0. The Kier molecular flexibility index (Phi) is 1.65. The van der Waals surface area contributed by atoms with Crippen molar-refractivity contribution in [2.24, 2.45) is 17.8 Å². The molecule has 1 N–H and O–H groups in total. The quantitative estimate of drug-likeness (QED) is 0.604. The maximum absolute atomic E-state index is 12.2. The molecule has 0 saturated heterocycles. The zero-order valence-electron chi connectivity index (χ0n) is 6.51. The molecule has 4 atom stereocenters. The average molecular weight is 180 g/mol. The van der Waals surface area contributed by atoms with Crippen LogP contribution in [-0.4, -0.2) is 17.4 Å². The first-order chi connectivity index (χ1) is 5.52. The fraction of sp³-hybridized carbons (Fsp3) is 1.00. The molecule has 70 valence electrons. The molecule has 2 aliphatic carbocycles. The highest BCUT2D eigenvalue weighted by Gasteiger charge is 2.66. The molecule has 0 bridgehead atoms. The van der Waals surface area contributed by atoms with Gasteiger partial charge >= 0.3 is 6.18 Å². The lowest BCUT2D eigenvalue weighted by molar-refractivity contribution is -0.156. The van der Waals surface area contributed by atoms with Gasteiger partial charge in [-0.3, -0.25) is 0 Å².